The van der Waals surface area contributed by atoms with Crippen LogP contribution in [0.4, 0.5) is 0 Å². The molecule has 19 heavy (non-hydrogen) atoms. The topological polar surface area (TPSA) is 48.1 Å². The van der Waals surface area contributed by atoms with E-state index < -0.39 is 0 Å². The van der Waals surface area contributed by atoms with Gasteiger partial charge < -0.3 is 10.5 Å². The maximum absolute atomic E-state index is 5.94. The molecule has 0 saturated carbocycles. The summed E-state index contributed by atoms with van der Waals surface area (Å²) in [5.41, 5.74) is 6.88. The summed E-state index contributed by atoms with van der Waals surface area (Å²) in [6.07, 6.45) is 7.65. The second kappa shape index (κ2) is 8.92. The summed E-state index contributed by atoms with van der Waals surface area (Å²) in [6.45, 7) is 7.31. The number of nitrogens with two attached hydrogens (primary N) is 1. The number of nitrogens with zero attached hydrogens (tertiary/aromatic N) is 1. The summed E-state index contributed by atoms with van der Waals surface area (Å²) >= 11 is 0. The van der Waals surface area contributed by atoms with Crippen molar-refractivity contribution in [2.45, 2.75) is 58.9 Å². The van der Waals surface area contributed by atoms with Gasteiger partial charge in [-0.3, -0.25) is 4.98 Å². The number of rotatable bonds is 9. The van der Waals surface area contributed by atoms with E-state index in [0.29, 0.717) is 5.92 Å². The predicted molar refractivity (Wildman–Crippen MR) is 80.3 cm³/mol. The maximum Gasteiger partial charge on any atom is 0.137 e. The summed E-state index contributed by atoms with van der Waals surface area (Å²) < 4.78 is 5.82. The standard InChI is InChI=1S/C16H28N2O/c1-4-7-8-13(5-2)12-19-14-9-10-16(18-11-14)15(17)6-3/h9-11,13,15H,4-8,12,17H2,1-3H3. The third-order valence-corrected chi connectivity index (χ3v) is 3.61. The second-order valence-electron chi connectivity index (χ2n) is 5.16. The van der Waals surface area contributed by atoms with Crippen LogP contribution in [0.5, 0.6) is 5.75 Å². The molecule has 3 heteroatoms. The molecule has 0 aromatic carbocycles. The van der Waals surface area contributed by atoms with Gasteiger partial charge in [0.25, 0.3) is 0 Å². The molecule has 2 unspecified atom stereocenters. The molecule has 1 heterocycles. The average Bonchev–Trinajstić information content (AvgIpc) is 2.47. The molecule has 108 valence electrons. The predicted octanol–water partition coefficient (Wildman–Crippen LogP) is 4.09. The van der Waals surface area contributed by atoms with E-state index >= 15 is 0 Å². The quantitative estimate of drug-likeness (QED) is 0.731. The lowest BCUT2D eigenvalue weighted by Gasteiger charge is -2.16. The Morgan fingerprint density at radius 3 is 2.53 bits per heavy atom. The summed E-state index contributed by atoms with van der Waals surface area (Å²) in [5.74, 6) is 1.50. The summed E-state index contributed by atoms with van der Waals surface area (Å²) in [4.78, 5) is 4.37. The van der Waals surface area contributed by atoms with Gasteiger partial charge in [0.05, 0.1) is 18.5 Å². The van der Waals surface area contributed by atoms with E-state index in [1.807, 2.05) is 12.1 Å². The zero-order valence-corrected chi connectivity index (χ0v) is 12.6. The van der Waals surface area contributed by atoms with Crippen molar-refractivity contribution in [1.29, 1.82) is 0 Å². The van der Waals surface area contributed by atoms with Gasteiger partial charge >= 0.3 is 0 Å². The van der Waals surface area contributed by atoms with Gasteiger partial charge in [-0.25, -0.2) is 0 Å². The number of ether oxygens (including phenoxy) is 1. The van der Waals surface area contributed by atoms with Crippen molar-refractivity contribution in [2.75, 3.05) is 6.61 Å². The molecule has 0 amide bonds. The minimum absolute atomic E-state index is 0.0296. The van der Waals surface area contributed by atoms with Gasteiger partial charge in [-0.2, -0.15) is 0 Å². The second-order valence-corrected chi connectivity index (χ2v) is 5.16. The molecule has 0 radical (unpaired) electrons. The van der Waals surface area contributed by atoms with Crippen LogP contribution in [-0.2, 0) is 0 Å². The molecular formula is C16H28N2O. The fraction of sp³-hybridized carbons (Fsp3) is 0.688. The monoisotopic (exact) mass is 264 g/mol. The molecule has 0 fully saturated rings. The van der Waals surface area contributed by atoms with Crippen LogP contribution in [0.15, 0.2) is 18.3 Å². The van der Waals surface area contributed by atoms with Crippen LogP contribution in [0.2, 0.25) is 0 Å². The van der Waals surface area contributed by atoms with Crippen LogP contribution < -0.4 is 10.5 Å². The SMILES string of the molecule is CCCCC(CC)COc1ccc(C(N)CC)nc1. The van der Waals surface area contributed by atoms with Crippen LogP contribution >= 0.6 is 0 Å². The van der Waals surface area contributed by atoms with Crippen LogP contribution in [0.25, 0.3) is 0 Å². The van der Waals surface area contributed by atoms with Crippen molar-refractivity contribution in [3.8, 4) is 5.75 Å². The van der Waals surface area contributed by atoms with E-state index in [-0.39, 0.29) is 6.04 Å². The Kier molecular flexibility index (Phi) is 7.49. The van der Waals surface area contributed by atoms with Crippen LogP contribution in [0, 0.1) is 5.92 Å². The zero-order valence-electron chi connectivity index (χ0n) is 12.6. The molecular weight excluding hydrogens is 236 g/mol. The first-order valence-corrected chi connectivity index (χ1v) is 7.55. The molecule has 0 aliphatic rings. The highest BCUT2D eigenvalue weighted by molar-refractivity contribution is 5.21. The van der Waals surface area contributed by atoms with Crippen LogP contribution in [0.3, 0.4) is 0 Å². The third-order valence-electron chi connectivity index (χ3n) is 3.61. The van der Waals surface area contributed by atoms with Crippen molar-refractivity contribution in [1.82, 2.24) is 4.98 Å². The van der Waals surface area contributed by atoms with Crippen molar-refractivity contribution in [2.24, 2.45) is 11.7 Å². The third kappa shape index (κ3) is 5.60. The molecule has 0 bridgehead atoms. The fourth-order valence-electron chi connectivity index (χ4n) is 2.02. The number of hydrogen-bond acceptors (Lipinski definition) is 3. The Labute approximate surface area is 117 Å². The summed E-state index contributed by atoms with van der Waals surface area (Å²) in [5, 5.41) is 0. The molecule has 1 aromatic heterocycles. The molecule has 0 saturated heterocycles. The van der Waals surface area contributed by atoms with E-state index in [2.05, 4.69) is 25.8 Å². The van der Waals surface area contributed by atoms with Gasteiger partial charge in [0.15, 0.2) is 0 Å². The fourth-order valence-corrected chi connectivity index (χ4v) is 2.02. The molecule has 3 nitrogen and oxygen atoms in total. The van der Waals surface area contributed by atoms with E-state index in [4.69, 9.17) is 10.5 Å². The molecule has 0 aliphatic heterocycles. The summed E-state index contributed by atoms with van der Waals surface area (Å²) in [6, 6.07) is 3.97. The number of unbranched alkanes of at least 4 members (excludes halogenated alkanes) is 1. The molecule has 0 spiro atoms. The van der Waals surface area contributed by atoms with Crippen molar-refractivity contribution in [3.05, 3.63) is 24.0 Å². The smallest absolute Gasteiger partial charge is 0.137 e. The number of aromatic nitrogens is 1. The van der Waals surface area contributed by atoms with Crippen molar-refractivity contribution >= 4 is 0 Å². The first kappa shape index (κ1) is 16.0. The molecule has 2 N–H and O–H groups in total. The Bertz CT molecular complexity index is 337. The first-order valence-electron chi connectivity index (χ1n) is 7.55. The lowest BCUT2D eigenvalue weighted by molar-refractivity contribution is 0.232. The maximum atomic E-state index is 5.94. The lowest BCUT2D eigenvalue weighted by atomic mass is 10.0. The molecule has 0 aliphatic carbocycles. The molecule has 1 aromatic rings. The Morgan fingerprint density at radius 1 is 1.21 bits per heavy atom. The largest absolute Gasteiger partial charge is 0.492 e. The number of hydrogen-bond donors (Lipinski definition) is 1. The van der Waals surface area contributed by atoms with Crippen LogP contribution in [0.1, 0.15) is 64.6 Å². The van der Waals surface area contributed by atoms with Gasteiger partial charge in [0, 0.05) is 6.04 Å². The lowest BCUT2D eigenvalue weighted by Crippen LogP contribution is -2.12. The van der Waals surface area contributed by atoms with Gasteiger partial charge in [0.1, 0.15) is 5.75 Å². The minimum Gasteiger partial charge on any atom is -0.492 e. The average molecular weight is 264 g/mol. The first-order chi connectivity index (χ1) is 9.21. The van der Waals surface area contributed by atoms with Gasteiger partial charge in [-0.05, 0) is 30.9 Å². The summed E-state index contributed by atoms with van der Waals surface area (Å²) in [7, 11) is 0. The number of pyridine rings is 1. The van der Waals surface area contributed by atoms with E-state index in [1.54, 1.807) is 6.20 Å². The van der Waals surface area contributed by atoms with E-state index in [1.165, 1.54) is 25.7 Å². The van der Waals surface area contributed by atoms with Crippen LogP contribution in [-0.4, -0.2) is 11.6 Å². The van der Waals surface area contributed by atoms with Gasteiger partial charge in [0.2, 0.25) is 0 Å². The Balaban J connectivity index is 2.44. The van der Waals surface area contributed by atoms with E-state index in [0.717, 1.165) is 24.5 Å². The minimum atomic E-state index is 0.0296. The van der Waals surface area contributed by atoms with Crippen molar-refractivity contribution in [3.63, 3.8) is 0 Å². The highest BCUT2D eigenvalue weighted by atomic mass is 16.5. The Hall–Kier alpha value is -1.09. The molecule has 1 rings (SSSR count). The highest BCUT2D eigenvalue weighted by Crippen LogP contribution is 2.18. The van der Waals surface area contributed by atoms with E-state index in [9.17, 15) is 0 Å². The zero-order chi connectivity index (χ0) is 14.1. The molecule has 2 atom stereocenters. The normalized spacial score (nSPS) is 14.1. The van der Waals surface area contributed by atoms with Gasteiger partial charge in [-0.15, -0.1) is 0 Å². The van der Waals surface area contributed by atoms with Gasteiger partial charge in [-0.1, -0.05) is 40.0 Å². The highest BCUT2D eigenvalue weighted by Gasteiger charge is 2.08. The van der Waals surface area contributed by atoms with Crippen molar-refractivity contribution < 1.29 is 4.74 Å². The Morgan fingerprint density at radius 2 is 2.00 bits per heavy atom.